The third kappa shape index (κ3) is 1.77. The number of rotatable bonds is 3. The van der Waals surface area contributed by atoms with Crippen molar-refractivity contribution in [3.05, 3.63) is 0 Å². The summed E-state index contributed by atoms with van der Waals surface area (Å²) in [7, 11) is 0. The second kappa shape index (κ2) is 3.04. The number of carboxylic acids is 2. The van der Waals surface area contributed by atoms with Crippen LogP contribution in [0.15, 0.2) is 0 Å². The molecule has 1 heterocycles. The predicted octanol–water partition coefficient (Wildman–Crippen LogP) is -0.948. The first kappa shape index (κ1) is 9.50. The number of carboxylic acid groups (broad SMARTS) is 2. The topological polar surface area (TPSA) is 104 Å². The monoisotopic (exact) mass is 187 g/mol. The largest absolute Gasteiger partial charge is 0.481 e. The Morgan fingerprint density at radius 2 is 2.08 bits per heavy atom. The van der Waals surface area contributed by atoms with Crippen molar-refractivity contribution in [1.29, 1.82) is 0 Å². The van der Waals surface area contributed by atoms with Gasteiger partial charge in [-0.2, -0.15) is 0 Å². The highest BCUT2D eigenvalue weighted by Gasteiger charge is 2.47. The van der Waals surface area contributed by atoms with Gasteiger partial charge in [0.05, 0.1) is 6.42 Å². The van der Waals surface area contributed by atoms with Crippen LogP contribution in [0.25, 0.3) is 0 Å². The van der Waals surface area contributed by atoms with Gasteiger partial charge in [0.1, 0.15) is 5.41 Å². The number of carbonyl (C=O) groups excluding carboxylic acids is 1. The first-order valence-electron chi connectivity index (χ1n) is 3.68. The summed E-state index contributed by atoms with van der Waals surface area (Å²) >= 11 is 0. The number of hydrogen-bond donors (Lipinski definition) is 3. The Bertz CT molecular complexity index is 274. The Morgan fingerprint density at radius 1 is 1.46 bits per heavy atom. The molecule has 13 heavy (non-hydrogen) atoms. The predicted molar refractivity (Wildman–Crippen MR) is 39.9 cm³/mol. The summed E-state index contributed by atoms with van der Waals surface area (Å²) in [5.74, 6) is -2.86. The van der Waals surface area contributed by atoms with Crippen molar-refractivity contribution < 1.29 is 24.6 Å². The minimum Gasteiger partial charge on any atom is -0.481 e. The van der Waals surface area contributed by atoms with Crippen LogP contribution in [0.4, 0.5) is 0 Å². The van der Waals surface area contributed by atoms with E-state index in [0.29, 0.717) is 0 Å². The van der Waals surface area contributed by atoms with Gasteiger partial charge in [-0.3, -0.25) is 14.4 Å². The standard InChI is InChI=1S/C7H9NO5/c9-4-1-7(3-8-4,6(12)13)2-5(10)11/h1-3H2,(H,8,9)(H,10,11)(H,12,13). The van der Waals surface area contributed by atoms with Crippen molar-refractivity contribution in [3.8, 4) is 0 Å². The lowest BCUT2D eigenvalue weighted by atomic mass is 9.84. The fraction of sp³-hybridized carbons (Fsp3) is 0.571. The summed E-state index contributed by atoms with van der Waals surface area (Å²) in [4.78, 5) is 31.9. The highest BCUT2D eigenvalue weighted by Crippen LogP contribution is 2.30. The summed E-state index contributed by atoms with van der Waals surface area (Å²) in [6.45, 7) is -0.104. The van der Waals surface area contributed by atoms with Crippen LogP contribution in [-0.2, 0) is 14.4 Å². The normalized spacial score (nSPS) is 26.9. The van der Waals surface area contributed by atoms with Gasteiger partial charge >= 0.3 is 11.9 Å². The van der Waals surface area contributed by atoms with Gasteiger partial charge in [-0.1, -0.05) is 0 Å². The number of nitrogens with one attached hydrogen (secondary N) is 1. The second-order valence-electron chi connectivity index (χ2n) is 3.11. The zero-order chi connectivity index (χ0) is 10.1. The molecule has 1 rings (SSSR count). The number of carbonyl (C=O) groups is 3. The Balaban J connectivity index is 2.83. The van der Waals surface area contributed by atoms with E-state index in [-0.39, 0.29) is 13.0 Å². The van der Waals surface area contributed by atoms with Crippen LogP contribution in [0.3, 0.4) is 0 Å². The molecule has 0 radical (unpaired) electrons. The molecular weight excluding hydrogens is 178 g/mol. The molecule has 1 unspecified atom stereocenters. The molecule has 1 amide bonds. The summed E-state index contributed by atoms with van der Waals surface area (Å²) in [5.41, 5.74) is -1.46. The average molecular weight is 187 g/mol. The molecule has 72 valence electrons. The van der Waals surface area contributed by atoms with Crippen LogP contribution in [0, 0.1) is 5.41 Å². The molecule has 1 fully saturated rings. The smallest absolute Gasteiger partial charge is 0.312 e. The lowest BCUT2D eigenvalue weighted by molar-refractivity contribution is -0.155. The minimum absolute atomic E-state index is 0.104. The minimum atomic E-state index is -1.46. The fourth-order valence-electron chi connectivity index (χ4n) is 1.34. The van der Waals surface area contributed by atoms with Gasteiger partial charge in [-0.05, 0) is 0 Å². The Kier molecular flexibility index (Phi) is 2.22. The van der Waals surface area contributed by atoms with Gasteiger partial charge in [0, 0.05) is 13.0 Å². The van der Waals surface area contributed by atoms with E-state index in [2.05, 4.69) is 5.32 Å². The van der Waals surface area contributed by atoms with Crippen LogP contribution < -0.4 is 5.32 Å². The maximum absolute atomic E-state index is 10.8. The zero-order valence-corrected chi connectivity index (χ0v) is 6.74. The summed E-state index contributed by atoms with van der Waals surface area (Å²) < 4.78 is 0. The van der Waals surface area contributed by atoms with Crippen LogP contribution >= 0.6 is 0 Å². The molecule has 0 aromatic heterocycles. The summed E-state index contributed by atoms with van der Waals surface area (Å²) in [6.07, 6.45) is -0.782. The van der Waals surface area contributed by atoms with Crippen molar-refractivity contribution >= 4 is 17.8 Å². The van der Waals surface area contributed by atoms with Gasteiger partial charge in [0.15, 0.2) is 0 Å². The first-order chi connectivity index (χ1) is 5.96. The van der Waals surface area contributed by atoms with E-state index in [1.165, 1.54) is 0 Å². The molecule has 0 aromatic carbocycles. The van der Waals surface area contributed by atoms with Crippen LogP contribution in [0.2, 0.25) is 0 Å². The molecule has 3 N–H and O–H groups in total. The van der Waals surface area contributed by atoms with E-state index in [1.807, 2.05) is 0 Å². The molecule has 0 bridgehead atoms. The lowest BCUT2D eigenvalue weighted by Gasteiger charge is -2.18. The van der Waals surface area contributed by atoms with Crippen molar-refractivity contribution in [2.75, 3.05) is 6.54 Å². The van der Waals surface area contributed by atoms with Gasteiger partial charge in [0.2, 0.25) is 5.91 Å². The van der Waals surface area contributed by atoms with E-state index in [9.17, 15) is 14.4 Å². The van der Waals surface area contributed by atoms with E-state index in [4.69, 9.17) is 10.2 Å². The molecule has 0 aliphatic carbocycles. The molecule has 1 aliphatic heterocycles. The SMILES string of the molecule is O=C(O)CC1(C(=O)O)CNC(=O)C1. The maximum Gasteiger partial charge on any atom is 0.312 e. The second-order valence-corrected chi connectivity index (χ2v) is 3.11. The maximum atomic E-state index is 10.8. The quantitative estimate of drug-likeness (QED) is 0.528. The van der Waals surface area contributed by atoms with Crippen LogP contribution in [0.5, 0.6) is 0 Å². The van der Waals surface area contributed by atoms with Crippen molar-refractivity contribution in [1.82, 2.24) is 5.32 Å². The Labute approximate surface area is 73.5 Å². The van der Waals surface area contributed by atoms with Crippen LogP contribution in [0.1, 0.15) is 12.8 Å². The third-order valence-electron chi connectivity index (χ3n) is 2.07. The highest BCUT2D eigenvalue weighted by molar-refractivity contribution is 5.91. The average Bonchev–Trinajstić information content (AvgIpc) is 2.31. The van der Waals surface area contributed by atoms with Crippen molar-refractivity contribution in [2.24, 2.45) is 5.41 Å². The fourth-order valence-corrected chi connectivity index (χ4v) is 1.34. The van der Waals surface area contributed by atoms with E-state index < -0.39 is 29.7 Å². The van der Waals surface area contributed by atoms with Crippen LogP contribution in [-0.4, -0.2) is 34.6 Å². The van der Waals surface area contributed by atoms with Gasteiger partial charge < -0.3 is 15.5 Å². The number of hydrogen-bond acceptors (Lipinski definition) is 3. The van der Waals surface area contributed by atoms with Gasteiger partial charge in [0.25, 0.3) is 0 Å². The van der Waals surface area contributed by atoms with Gasteiger partial charge in [-0.25, -0.2) is 0 Å². The molecule has 1 atom stereocenters. The summed E-state index contributed by atoms with van der Waals surface area (Å²) in [6, 6.07) is 0. The molecule has 6 heteroatoms. The molecule has 0 spiro atoms. The molecular formula is C7H9NO5. The number of aliphatic carboxylic acids is 2. The van der Waals surface area contributed by atoms with Gasteiger partial charge in [-0.15, -0.1) is 0 Å². The zero-order valence-electron chi connectivity index (χ0n) is 6.74. The summed E-state index contributed by atoms with van der Waals surface area (Å²) in [5, 5.41) is 19.6. The molecule has 0 aromatic rings. The molecule has 1 saturated heterocycles. The van der Waals surface area contributed by atoms with Crippen molar-refractivity contribution in [3.63, 3.8) is 0 Å². The van der Waals surface area contributed by atoms with E-state index in [1.54, 1.807) is 0 Å². The van der Waals surface area contributed by atoms with Crippen molar-refractivity contribution in [2.45, 2.75) is 12.8 Å². The van der Waals surface area contributed by atoms with E-state index >= 15 is 0 Å². The first-order valence-corrected chi connectivity index (χ1v) is 3.68. The van der Waals surface area contributed by atoms with E-state index in [0.717, 1.165) is 0 Å². The third-order valence-corrected chi connectivity index (χ3v) is 2.07. The number of amides is 1. The molecule has 6 nitrogen and oxygen atoms in total. The Hall–Kier alpha value is -1.59. The lowest BCUT2D eigenvalue weighted by Crippen LogP contribution is -2.35. The molecule has 1 aliphatic rings. The highest BCUT2D eigenvalue weighted by atomic mass is 16.4. The Morgan fingerprint density at radius 3 is 2.38 bits per heavy atom. The molecule has 0 saturated carbocycles.